The molecule has 0 aromatic rings. The minimum absolute atomic E-state index is 0.384. The van der Waals surface area contributed by atoms with Crippen molar-refractivity contribution in [2.45, 2.75) is 32.8 Å². The van der Waals surface area contributed by atoms with E-state index in [1.165, 1.54) is 0 Å². The van der Waals surface area contributed by atoms with Crippen molar-refractivity contribution in [1.29, 1.82) is 0 Å². The molecule has 0 aliphatic carbocycles. The molecule has 0 heterocycles. The molecular weight excluding hydrogens is 126 g/mol. The first kappa shape index (κ1) is 8.82. The molecule has 1 nitrogen and oxygen atoms in total. The Morgan fingerprint density at radius 1 is 1.33 bits per heavy atom. The molecule has 56 valence electrons. The van der Waals surface area contributed by atoms with Crippen molar-refractivity contribution in [1.82, 2.24) is 0 Å². The molecule has 1 unspecified atom stereocenters. The fourth-order valence-corrected chi connectivity index (χ4v) is 0.585. The molecule has 0 amide bonds. The number of halogens is 2. The zero-order chi connectivity index (χ0) is 7.65. The van der Waals surface area contributed by atoms with Gasteiger partial charge in [0.25, 0.3) is 5.92 Å². The summed E-state index contributed by atoms with van der Waals surface area (Å²) in [5.74, 6) is -3.35. The van der Waals surface area contributed by atoms with E-state index in [-0.39, 0.29) is 5.92 Å². The molecule has 9 heavy (non-hydrogen) atoms. The van der Waals surface area contributed by atoms with Gasteiger partial charge in [-0.2, -0.15) is 0 Å². The Morgan fingerprint density at radius 2 is 1.67 bits per heavy atom. The molecule has 0 saturated carbocycles. The second kappa shape index (κ2) is 2.60. The molecule has 0 bridgehead atoms. The van der Waals surface area contributed by atoms with Crippen LogP contribution in [0.3, 0.4) is 0 Å². The van der Waals surface area contributed by atoms with Crippen molar-refractivity contribution in [3.05, 3.63) is 0 Å². The van der Waals surface area contributed by atoms with Crippen LogP contribution in [0.25, 0.3) is 0 Å². The third-order valence-corrected chi connectivity index (χ3v) is 1.15. The molecule has 0 spiro atoms. The SMILES string of the molecule is CC(C)C(O)C(C)(F)F. The molecule has 1 atom stereocenters. The third-order valence-electron chi connectivity index (χ3n) is 1.15. The first-order valence-electron chi connectivity index (χ1n) is 2.91. The van der Waals surface area contributed by atoms with Gasteiger partial charge in [-0.05, 0) is 5.92 Å². The lowest BCUT2D eigenvalue weighted by Gasteiger charge is -2.20. The van der Waals surface area contributed by atoms with Gasteiger partial charge in [0.05, 0.1) is 0 Å². The van der Waals surface area contributed by atoms with Crippen LogP contribution in [0.2, 0.25) is 0 Å². The smallest absolute Gasteiger partial charge is 0.270 e. The van der Waals surface area contributed by atoms with Gasteiger partial charge >= 0.3 is 0 Å². The molecule has 3 heteroatoms. The highest BCUT2D eigenvalue weighted by Crippen LogP contribution is 2.22. The maximum Gasteiger partial charge on any atom is 0.270 e. The number of hydrogen-bond acceptors (Lipinski definition) is 1. The predicted molar refractivity (Wildman–Crippen MR) is 31.5 cm³/mol. The van der Waals surface area contributed by atoms with E-state index in [1.807, 2.05) is 0 Å². The first-order valence-corrected chi connectivity index (χ1v) is 2.91. The first-order chi connectivity index (χ1) is 3.85. The van der Waals surface area contributed by atoms with E-state index < -0.39 is 12.0 Å². The van der Waals surface area contributed by atoms with Gasteiger partial charge in [-0.3, -0.25) is 0 Å². The average molecular weight is 138 g/mol. The van der Waals surface area contributed by atoms with Crippen molar-refractivity contribution < 1.29 is 13.9 Å². The maximum absolute atomic E-state index is 12.1. The van der Waals surface area contributed by atoms with E-state index in [4.69, 9.17) is 5.11 Å². The zero-order valence-corrected chi connectivity index (χ0v) is 5.86. The molecule has 0 aromatic heterocycles. The van der Waals surface area contributed by atoms with E-state index in [2.05, 4.69) is 0 Å². The molecule has 0 saturated heterocycles. The van der Waals surface area contributed by atoms with Crippen molar-refractivity contribution in [3.63, 3.8) is 0 Å². The van der Waals surface area contributed by atoms with Crippen LogP contribution in [0.15, 0.2) is 0 Å². The van der Waals surface area contributed by atoms with Gasteiger partial charge in [-0.25, -0.2) is 8.78 Å². The minimum Gasteiger partial charge on any atom is -0.387 e. The molecule has 0 aliphatic heterocycles. The van der Waals surface area contributed by atoms with Crippen LogP contribution in [0, 0.1) is 5.92 Å². The molecule has 0 aromatic carbocycles. The molecule has 0 fully saturated rings. The average Bonchev–Trinajstić information content (AvgIpc) is 1.62. The largest absolute Gasteiger partial charge is 0.387 e. The highest BCUT2D eigenvalue weighted by Gasteiger charge is 2.34. The quantitative estimate of drug-likeness (QED) is 0.615. The molecule has 1 N–H and O–H groups in total. The number of aliphatic hydroxyl groups is 1. The van der Waals surface area contributed by atoms with E-state index in [0.717, 1.165) is 6.92 Å². The summed E-state index contributed by atoms with van der Waals surface area (Å²) in [6.07, 6.45) is -1.52. The maximum atomic E-state index is 12.1. The zero-order valence-electron chi connectivity index (χ0n) is 5.86. The van der Waals surface area contributed by atoms with Gasteiger partial charge in [0.15, 0.2) is 0 Å². The summed E-state index contributed by atoms with van der Waals surface area (Å²) in [6.45, 7) is 3.84. The van der Waals surface area contributed by atoms with E-state index in [1.54, 1.807) is 13.8 Å². The number of rotatable bonds is 2. The highest BCUT2D eigenvalue weighted by molar-refractivity contribution is 4.73. The van der Waals surface area contributed by atoms with Crippen LogP contribution in [0.4, 0.5) is 8.78 Å². The van der Waals surface area contributed by atoms with Gasteiger partial charge in [0.1, 0.15) is 6.10 Å². The topological polar surface area (TPSA) is 20.2 Å². The second-order valence-corrected chi connectivity index (χ2v) is 2.65. The fraction of sp³-hybridized carbons (Fsp3) is 1.00. The molecule has 0 rings (SSSR count). The van der Waals surface area contributed by atoms with Gasteiger partial charge in [-0.15, -0.1) is 0 Å². The Balaban J connectivity index is 3.88. The van der Waals surface area contributed by atoms with Crippen LogP contribution in [0.1, 0.15) is 20.8 Å². The van der Waals surface area contributed by atoms with Gasteiger partial charge in [0.2, 0.25) is 0 Å². The van der Waals surface area contributed by atoms with E-state index >= 15 is 0 Å². The van der Waals surface area contributed by atoms with Gasteiger partial charge in [0, 0.05) is 6.92 Å². The number of aliphatic hydroxyl groups excluding tert-OH is 1. The van der Waals surface area contributed by atoms with Crippen LogP contribution in [-0.4, -0.2) is 17.1 Å². The summed E-state index contributed by atoms with van der Waals surface area (Å²) in [6, 6.07) is 0. The predicted octanol–water partition coefficient (Wildman–Crippen LogP) is 1.66. The van der Waals surface area contributed by atoms with E-state index in [0.29, 0.717) is 0 Å². The summed E-state index contributed by atoms with van der Waals surface area (Å²) in [4.78, 5) is 0. The fourth-order valence-electron chi connectivity index (χ4n) is 0.585. The van der Waals surface area contributed by atoms with Crippen molar-refractivity contribution >= 4 is 0 Å². The standard InChI is InChI=1S/C6H12F2O/c1-4(2)5(9)6(3,7)8/h4-5,9H,1-3H3. The van der Waals surface area contributed by atoms with Gasteiger partial charge in [-0.1, -0.05) is 13.8 Å². The summed E-state index contributed by atoms with van der Waals surface area (Å²) in [5, 5.41) is 8.71. The Labute approximate surface area is 53.7 Å². The number of hydrogen-bond donors (Lipinski definition) is 1. The summed E-state index contributed by atoms with van der Waals surface area (Å²) < 4.78 is 24.2. The van der Waals surface area contributed by atoms with Crippen molar-refractivity contribution in [2.75, 3.05) is 0 Å². The third kappa shape index (κ3) is 2.75. The van der Waals surface area contributed by atoms with Crippen LogP contribution >= 0.6 is 0 Å². The lowest BCUT2D eigenvalue weighted by Crippen LogP contribution is -2.34. The van der Waals surface area contributed by atoms with Crippen LogP contribution in [-0.2, 0) is 0 Å². The lowest BCUT2D eigenvalue weighted by atomic mass is 10.0. The molecule has 0 aliphatic rings. The minimum atomic E-state index is -2.96. The Bertz CT molecular complexity index is 85.5. The normalized spacial score (nSPS) is 16.3. The van der Waals surface area contributed by atoms with Gasteiger partial charge < -0.3 is 5.11 Å². The number of alkyl halides is 2. The second-order valence-electron chi connectivity index (χ2n) is 2.65. The van der Waals surface area contributed by atoms with Crippen molar-refractivity contribution in [3.8, 4) is 0 Å². The molecular formula is C6H12F2O. The highest BCUT2D eigenvalue weighted by atomic mass is 19.3. The summed E-state index contributed by atoms with van der Waals surface area (Å²) in [5.41, 5.74) is 0. The van der Waals surface area contributed by atoms with Crippen LogP contribution in [0.5, 0.6) is 0 Å². The summed E-state index contributed by atoms with van der Waals surface area (Å²) >= 11 is 0. The summed E-state index contributed by atoms with van der Waals surface area (Å²) in [7, 11) is 0. The van der Waals surface area contributed by atoms with Crippen LogP contribution < -0.4 is 0 Å². The van der Waals surface area contributed by atoms with Crippen molar-refractivity contribution in [2.24, 2.45) is 5.92 Å². The monoisotopic (exact) mass is 138 g/mol. The Hall–Kier alpha value is -0.180. The lowest BCUT2D eigenvalue weighted by molar-refractivity contribution is -0.112. The Morgan fingerprint density at radius 3 is 1.67 bits per heavy atom. The van der Waals surface area contributed by atoms with E-state index in [9.17, 15) is 8.78 Å². The Kier molecular flexibility index (Phi) is 2.55. The molecule has 0 radical (unpaired) electrons.